The Kier molecular flexibility index (Phi) is 10.0. The van der Waals surface area contributed by atoms with Crippen LogP contribution in [-0.4, -0.2) is 57.1 Å². The molecule has 246 valence electrons. The predicted octanol–water partition coefficient (Wildman–Crippen LogP) is 7.89. The molecule has 10 heteroatoms. The van der Waals surface area contributed by atoms with E-state index in [1.807, 2.05) is 78.9 Å². The molecule has 1 amide bonds. The Morgan fingerprint density at radius 3 is 2.21 bits per heavy atom. The fourth-order valence-corrected chi connectivity index (χ4v) is 6.29. The van der Waals surface area contributed by atoms with Gasteiger partial charge in [0.05, 0.1) is 17.8 Å². The van der Waals surface area contributed by atoms with Crippen LogP contribution in [0, 0.1) is 0 Å². The summed E-state index contributed by atoms with van der Waals surface area (Å²) in [5.41, 5.74) is 5.08. The third-order valence-electron chi connectivity index (χ3n) is 8.92. The van der Waals surface area contributed by atoms with Crippen molar-refractivity contribution in [2.75, 3.05) is 25.0 Å². The fraction of sp³-hybridized carbons (Fsp3) is 0.237. The number of anilines is 2. The molecule has 7 nitrogen and oxygen atoms in total. The molecule has 0 radical (unpaired) electrons. The van der Waals surface area contributed by atoms with Crippen molar-refractivity contribution in [3.05, 3.63) is 150 Å². The Bertz CT molecular complexity index is 1770. The second kappa shape index (κ2) is 14.7. The number of likely N-dealkylation sites (tertiary alicyclic amines) is 1. The Labute approximate surface area is 278 Å². The van der Waals surface area contributed by atoms with Gasteiger partial charge in [0.2, 0.25) is 5.91 Å². The van der Waals surface area contributed by atoms with Gasteiger partial charge in [-0.2, -0.15) is 18.3 Å². The molecule has 3 heterocycles. The summed E-state index contributed by atoms with van der Waals surface area (Å²) >= 11 is 0. The molecule has 1 saturated heterocycles. The number of alkyl halides is 3. The first-order chi connectivity index (χ1) is 23.3. The van der Waals surface area contributed by atoms with Crippen LogP contribution in [0.1, 0.15) is 46.7 Å². The normalized spacial score (nSPS) is 15.0. The van der Waals surface area contributed by atoms with Gasteiger partial charge in [-0.15, -0.1) is 0 Å². The molecule has 5 aromatic rings. The Morgan fingerprint density at radius 2 is 1.58 bits per heavy atom. The third-order valence-corrected chi connectivity index (χ3v) is 8.92. The first-order valence-corrected chi connectivity index (χ1v) is 15.9. The van der Waals surface area contributed by atoms with Crippen molar-refractivity contribution < 1.29 is 18.0 Å². The highest BCUT2D eigenvalue weighted by molar-refractivity contribution is 5.92. The predicted molar refractivity (Wildman–Crippen MR) is 181 cm³/mol. The number of benzene rings is 3. The first kappa shape index (κ1) is 32.7. The molecule has 0 saturated carbocycles. The molecule has 1 atom stereocenters. The van der Waals surface area contributed by atoms with Crippen LogP contribution in [0.15, 0.2) is 122 Å². The number of H-pyrrole nitrogens is 1. The molecular weight excluding hydrogens is 613 g/mol. The highest BCUT2D eigenvalue weighted by Gasteiger charge is 2.32. The van der Waals surface area contributed by atoms with Crippen molar-refractivity contribution in [1.82, 2.24) is 25.0 Å². The van der Waals surface area contributed by atoms with Crippen LogP contribution < -0.4 is 4.90 Å². The van der Waals surface area contributed by atoms with Crippen molar-refractivity contribution >= 4 is 23.4 Å². The Morgan fingerprint density at radius 1 is 0.917 bits per heavy atom. The monoisotopic (exact) mass is 650 g/mol. The number of carbonyl (C=O) groups excluding carboxylic acids is 1. The molecular formula is C38H37F3N6O. The lowest BCUT2D eigenvalue weighted by Crippen LogP contribution is -2.47. The molecule has 1 unspecified atom stereocenters. The lowest BCUT2D eigenvalue weighted by atomic mass is 9.95. The van der Waals surface area contributed by atoms with E-state index in [0.29, 0.717) is 12.1 Å². The Hall–Kier alpha value is -5.22. The number of aromatic nitrogens is 3. The molecule has 48 heavy (non-hydrogen) atoms. The fourth-order valence-electron chi connectivity index (χ4n) is 6.29. The van der Waals surface area contributed by atoms with Crippen molar-refractivity contribution in [2.45, 2.75) is 37.6 Å². The van der Waals surface area contributed by atoms with Crippen LogP contribution in [0.4, 0.5) is 24.5 Å². The van der Waals surface area contributed by atoms with Crippen molar-refractivity contribution in [3.8, 4) is 0 Å². The average Bonchev–Trinajstić information content (AvgIpc) is 3.65. The quantitative estimate of drug-likeness (QED) is 0.156. The molecule has 0 aliphatic carbocycles. The Balaban J connectivity index is 1.21. The van der Waals surface area contributed by atoms with Gasteiger partial charge in [-0.3, -0.25) is 19.8 Å². The minimum absolute atomic E-state index is 0.0223. The number of hydrogen-bond donors (Lipinski definition) is 1. The van der Waals surface area contributed by atoms with Crippen LogP contribution in [0.25, 0.3) is 6.08 Å². The number of halogens is 3. The van der Waals surface area contributed by atoms with Crippen LogP contribution in [0.2, 0.25) is 0 Å². The molecule has 3 aromatic carbocycles. The maximum atomic E-state index is 13.8. The van der Waals surface area contributed by atoms with E-state index in [1.165, 1.54) is 23.8 Å². The van der Waals surface area contributed by atoms with Gasteiger partial charge >= 0.3 is 6.18 Å². The van der Waals surface area contributed by atoms with Gasteiger partial charge in [-0.25, -0.2) is 0 Å². The molecule has 1 N–H and O–H groups in total. The number of aromatic amines is 1. The van der Waals surface area contributed by atoms with Crippen LogP contribution in [0.3, 0.4) is 0 Å². The second-order valence-corrected chi connectivity index (χ2v) is 12.0. The van der Waals surface area contributed by atoms with Gasteiger partial charge in [-0.05, 0) is 72.0 Å². The van der Waals surface area contributed by atoms with Crippen molar-refractivity contribution in [2.24, 2.45) is 0 Å². The summed E-state index contributed by atoms with van der Waals surface area (Å²) in [7, 11) is 1.99. The van der Waals surface area contributed by atoms with Gasteiger partial charge in [0.25, 0.3) is 0 Å². The number of rotatable bonds is 10. The van der Waals surface area contributed by atoms with Crippen LogP contribution in [-0.2, 0) is 17.5 Å². The first-order valence-electron chi connectivity index (χ1n) is 15.9. The number of nitrogens with one attached hydrogen (secondary N) is 1. The van der Waals surface area contributed by atoms with E-state index in [9.17, 15) is 18.0 Å². The number of hydrogen-bond acceptors (Lipinski definition) is 5. The van der Waals surface area contributed by atoms with Gasteiger partial charge in [-0.1, -0.05) is 54.6 Å². The largest absolute Gasteiger partial charge is 0.416 e. The van der Waals surface area contributed by atoms with E-state index < -0.39 is 11.7 Å². The van der Waals surface area contributed by atoms with Gasteiger partial charge in [0.15, 0.2) is 0 Å². The van der Waals surface area contributed by atoms with Crippen LogP contribution >= 0.6 is 0 Å². The maximum Gasteiger partial charge on any atom is 0.416 e. The zero-order valence-electron chi connectivity index (χ0n) is 26.6. The van der Waals surface area contributed by atoms with Crippen LogP contribution in [0.5, 0.6) is 0 Å². The topological polar surface area (TPSA) is 68.4 Å². The van der Waals surface area contributed by atoms with E-state index >= 15 is 0 Å². The standard InChI is InChI=1S/C38H37F3N6O/c1-45(34-17-21-42-22-18-34)33-14-9-29(10-15-33)27-47(36(48)16-11-28-7-12-32(13-8-28)38(39,40)41)35-19-23-46(24-20-35)37(31-25-43-44-26-31)30-5-3-2-4-6-30/h2-18,21-22,25-26,35,37H,19-20,23-24,27H2,1H3,(H,43,44). The van der Waals surface area contributed by atoms with Gasteiger partial charge in [0.1, 0.15) is 0 Å². The second-order valence-electron chi connectivity index (χ2n) is 12.0. The summed E-state index contributed by atoms with van der Waals surface area (Å²) in [6.07, 6.45) is 7.48. The van der Waals surface area contributed by atoms with E-state index in [2.05, 4.69) is 37.1 Å². The minimum Gasteiger partial charge on any atom is -0.345 e. The summed E-state index contributed by atoms with van der Waals surface area (Å²) in [5.74, 6) is -0.180. The highest BCUT2D eigenvalue weighted by atomic mass is 19.4. The molecule has 1 fully saturated rings. The molecule has 2 aromatic heterocycles. The van der Waals surface area contributed by atoms with E-state index in [4.69, 9.17) is 0 Å². The molecule has 1 aliphatic rings. The summed E-state index contributed by atoms with van der Waals surface area (Å²) in [6, 6.07) is 27.2. The highest BCUT2D eigenvalue weighted by Crippen LogP contribution is 2.33. The average molecular weight is 651 g/mol. The zero-order valence-corrected chi connectivity index (χ0v) is 26.6. The van der Waals surface area contributed by atoms with E-state index in [0.717, 1.165) is 60.6 Å². The molecule has 0 spiro atoms. The summed E-state index contributed by atoms with van der Waals surface area (Å²) in [4.78, 5) is 24.3. The van der Waals surface area contributed by atoms with E-state index in [1.54, 1.807) is 18.5 Å². The summed E-state index contributed by atoms with van der Waals surface area (Å²) < 4.78 is 39.2. The number of carbonyl (C=O) groups is 1. The number of piperidine rings is 1. The molecule has 6 rings (SSSR count). The number of nitrogens with zero attached hydrogens (tertiary/aromatic N) is 5. The molecule has 1 aliphatic heterocycles. The third kappa shape index (κ3) is 7.83. The lowest BCUT2D eigenvalue weighted by Gasteiger charge is -2.41. The smallest absolute Gasteiger partial charge is 0.345 e. The molecule has 0 bridgehead atoms. The lowest BCUT2D eigenvalue weighted by molar-refractivity contribution is -0.137. The number of amides is 1. The summed E-state index contributed by atoms with van der Waals surface area (Å²) in [5, 5.41) is 7.15. The van der Waals surface area contributed by atoms with Gasteiger partial charge < -0.3 is 9.80 Å². The van der Waals surface area contributed by atoms with Crippen molar-refractivity contribution in [3.63, 3.8) is 0 Å². The maximum absolute atomic E-state index is 13.8. The number of pyridine rings is 1. The SMILES string of the molecule is CN(c1ccncc1)c1ccc(CN(C(=O)C=Cc2ccc(C(F)(F)F)cc2)C2CCN(C(c3ccccc3)c3cn[nH]c3)CC2)cc1. The van der Waals surface area contributed by atoms with Crippen molar-refractivity contribution in [1.29, 1.82) is 0 Å². The van der Waals surface area contributed by atoms with E-state index in [-0.39, 0.29) is 18.0 Å². The van der Waals surface area contributed by atoms with Gasteiger partial charge in [0, 0.05) is 74.3 Å². The zero-order chi connectivity index (χ0) is 33.5. The minimum atomic E-state index is -4.41. The summed E-state index contributed by atoms with van der Waals surface area (Å²) in [6.45, 7) is 1.96.